The van der Waals surface area contributed by atoms with Crippen LogP contribution in [0.5, 0.6) is 23.0 Å². The molecule has 0 saturated heterocycles. The van der Waals surface area contributed by atoms with Crippen LogP contribution in [0.1, 0.15) is 16.1 Å². The third kappa shape index (κ3) is 4.67. The van der Waals surface area contributed by atoms with E-state index in [9.17, 15) is 9.59 Å². The van der Waals surface area contributed by atoms with Gasteiger partial charge < -0.3 is 23.4 Å². The fourth-order valence-corrected chi connectivity index (χ4v) is 2.80. The molecule has 9 nitrogen and oxygen atoms in total. The van der Waals surface area contributed by atoms with E-state index < -0.39 is 18.0 Å². The monoisotopic (exact) mass is 422 g/mol. The summed E-state index contributed by atoms with van der Waals surface area (Å²) in [6.45, 7) is 0.0808. The Morgan fingerprint density at radius 1 is 1.13 bits per heavy atom. The summed E-state index contributed by atoms with van der Waals surface area (Å²) in [5.74, 6) is 0.765. The number of carbonyl (C=O) groups excluding carboxylic acids is 2. The molecule has 31 heavy (non-hydrogen) atoms. The predicted octanol–water partition coefficient (Wildman–Crippen LogP) is 2.80. The maximum Gasteiger partial charge on any atom is 0.379 e. The number of furan rings is 1. The molecule has 1 aromatic heterocycles. The highest BCUT2D eigenvalue weighted by atomic mass is 16.6. The van der Waals surface area contributed by atoms with Crippen molar-refractivity contribution in [3.05, 3.63) is 72.2 Å². The molecule has 1 N–H and O–H groups in total. The van der Waals surface area contributed by atoms with E-state index in [1.54, 1.807) is 36.4 Å². The summed E-state index contributed by atoms with van der Waals surface area (Å²) < 4.78 is 26.7. The van der Waals surface area contributed by atoms with E-state index in [2.05, 4.69) is 10.5 Å². The summed E-state index contributed by atoms with van der Waals surface area (Å²) in [7, 11) is 1.47. The number of esters is 1. The topological polar surface area (TPSA) is 109 Å². The van der Waals surface area contributed by atoms with Crippen LogP contribution < -0.4 is 24.4 Å². The van der Waals surface area contributed by atoms with Crippen LogP contribution in [-0.2, 0) is 4.79 Å². The molecule has 0 saturated carbocycles. The average molecular weight is 422 g/mol. The van der Waals surface area contributed by atoms with E-state index in [0.29, 0.717) is 22.8 Å². The lowest BCUT2D eigenvalue weighted by Crippen LogP contribution is -2.42. The third-order valence-electron chi connectivity index (χ3n) is 4.32. The molecule has 0 bridgehead atoms. The molecule has 1 atom stereocenters. The fourth-order valence-electron chi connectivity index (χ4n) is 2.80. The summed E-state index contributed by atoms with van der Waals surface area (Å²) in [6, 6.07) is 14.9. The number of para-hydroxylation sites is 2. The standard InChI is InChI=1S/C22H18N2O7/c1-27-19-11-15(30-22(26)18-7-4-10-28-18)9-8-14(19)12-23-24-21(25)20-13-29-16-5-2-3-6-17(16)31-20/h2-12,20H,13H2,1H3,(H,24,25)/b23-12+. The second kappa shape index (κ2) is 9.04. The van der Waals surface area contributed by atoms with E-state index in [0.717, 1.165) is 0 Å². The van der Waals surface area contributed by atoms with Gasteiger partial charge in [-0.3, -0.25) is 4.79 Å². The molecule has 3 aromatic rings. The largest absolute Gasteiger partial charge is 0.496 e. The van der Waals surface area contributed by atoms with Crippen LogP contribution in [0.4, 0.5) is 0 Å². The Balaban J connectivity index is 1.37. The van der Waals surface area contributed by atoms with Crippen molar-refractivity contribution in [2.45, 2.75) is 6.10 Å². The number of nitrogens with one attached hydrogen (secondary N) is 1. The highest BCUT2D eigenvalue weighted by Crippen LogP contribution is 2.30. The molecular weight excluding hydrogens is 404 g/mol. The zero-order valence-electron chi connectivity index (χ0n) is 16.4. The molecule has 1 amide bonds. The van der Waals surface area contributed by atoms with Gasteiger partial charge in [0.15, 0.2) is 11.5 Å². The molecule has 0 radical (unpaired) electrons. The first-order valence-corrected chi connectivity index (χ1v) is 9.29. The smallest absolute Gasteiger partial charge is 0.379 e. The van der Waals surface area contributed by atoms with E-state index in [1.807, 2.05) is 6.07 Å². The van der Waals surface area contributed by atoms with E-state index >= 15 is 0 Å². The molecule has 2 heterocycles. The van der Waals surface area contributed by atoms with Gasteiger partial charge in [0.1, 0.15) is 18.1 Å². The van der Waals surface area contributed by atoms with Crippen LogP contribution >= 0.6 is 0 Å². The fraction of sp³-hybridized carbons (Fsp3) is 0.136. The second-order valence-electron chi connectivity index (χ2n) is 6.37. The van der Waals surface area contributed by atoms with Gasteiger partial charge >= 0.3 is 5.97 Å². The lowest BCUT2D eigenvalue weighted by atomic mass is 10.2. The number of nitrogens with zero attached hydrogens (tertiary/aromatic N) is 1. The van der Waals surface area contributed by atoms with E-state index in [1.165, 1.54) is 31.7 Å². The Hall–Kier alpha value is -4.27. The number of rotatable bonds is 6. The first kappa shape index (κ1) is 20.0. The van der Waals surface area contributed by atoms with Crippen LogP contribution in [0, 0.1) is 0 Å². The van der Waals surface area contributed by atoms with Crippen molar-refractivity contribution >= 4 is 18.1 Å². The Bertz CT molecular complexity index is 1110. The Morgan fingerprint density at radius 3 is 2.74 bits per heavy atom. The summed E-state index contributed by atoms with van der Waals surface area (Å²) >= 11 is 0. The van der Waals surface area contributed by atoms with Crippen molar-refractivity contribution in [1.82, 2.24) is 5.43 Å². The summed E-state index contributed by atoms with van der Waals surface area (Å²) in [6.07, 6.45) is 1.97. The minimum absolute atomic E-state index is 0.0808. The SMILES string of the molecule is COc1cc(OC(=O)c2ccco2)ccc1/C=N/NC(=O)C1COc2ccccc2O1. The number of benzene rings is 2. The zero-order chi connectivity index (χ0) is 21.6. The lowest BCUT2D eigenvalue weighted by Gasteiger charge is -2.24. The number of hydrogen-bond acceptors (Lipinski definition) is 8. The zero-order valence-corrected chi connectivity index (χ0v) is 16.4. The first-order valence-electron chi connectivity index (χ1n) is 9.29. The van der Waals surface area contributed by atoms with Crippen LogP contribution in [0.3, 0.4) is 0 Å². The van der Waals surface area contributed by atoms with Crippen molar-refractivity contribution in [3.63, 3.8) is 0 Å². The van der Waals surface area contributed by atoms with Crippen LogP contribution in [-0.4, -0.2) is 37.9 Å². The maximum absolute atomic E-state index is 12.3. The number of hydrazone groups is 1. The van der Waals surface area contributed by atoms with Crippen molar-refractivity contribution in [1.29, 1.82) is 0 Å². The Kier molecular flexibility index (Phi) is 5.84. The molecule has 0 fully saturated rings. The highest BCUT2D eigenvalue weighted by molar-refractivity contribution is 5.89. The van der Waals surface area contributed by atoms with Crippen LogP contribution in [0.25, 0.3) is 0 Å². The number of carbonyl (C=O) groups is 2. The van der Waals surface area contributed by atoms with Gasteiger partial charge in [0.25, 0.3) is 5.91 Å². The van der Waals surface area contributed by atoms with Crippen molar-refractivity contribution in [2.75, 3.05) is 13.7 Å². The van der Waals surface area contributed by atoms with Gasteiger partial charge in [0.05, 0.1) is 19.6 Å². The number of amides is 1. The summed E-state index contributed by atoms with van der Waals surface area (Å²) in [5.41, 5.74) is 2.98. The van der Waals surface area contributed by atoms with Crippen LogP contribution in [0.15, 0.2) is 70.4 Å². The van der Waals surface area contributed by atoms with Gasteiger partial charge in [-0.1, -0.05) is 12.1 Å². The number of methoxy groups -OCH3 is 1. The van der Waals surface area contributed by atoms with Crippen molar-refractivity contribution < 1.29 is 33.0 Å². The number of hydrogen-bond donors (Lipinski definition) is 1. The van der Waals surface area contributed by atoms with Crippen LogP contribution in [0.2, 0.25) is 0 Å². The molecular formula is C22H18N2O7. The van der Waals surface area contributed by atoms with Gasteiger partial charge in [-0.2, -0.15) is 5.10 Å². The molecule has 0 aliphatic carbocycles. The van der Waals surface area contributed by atoms with Crippen molar-refractivity contribution in [2.24, 2.45) is 5.10 Å². The molecule has 9 heteroatoms. The predicted molar refractivity (Wildman–Crippen MR) is 109 cm³/mol. The Morgan fingerprint density at radius 2 is 1.97 bits per heavy atom. The molecule has 1 aliphatic rings. The summed E-state index contributed by atoms with van der Waals surface area (Å²) in [4.78, 5) is 24.3. The first-order chi connectivity index (χ1) is 15.1. The minimum atomic E-state index is -0.822. The summed E-state index contributed by atoms with van der Waals surface area (Å²) in [5, 5.41) is 3.95. The van der Waals surface area contributed by atoms with Gasteiger partial charge in [0, 0.05) is 11.6 Å². The van der Waals surface area contributed by atoms with Gasteiger partial charge in [0.2, 0.25) is 11.9 Å². The van der Waals surface area contributed by atoms with Gasteiger partial charge in [-0.05, 0) is 36.4 Å². The maximum atomic E-state index is 12.3. The molecule has 4 rings (SSSR count). The molecule has 2 aromatic carbocycles. The number of fused-ring (bicyclic) bond motifs is 1. The second-order valence-corrected chi connectivity index (χ2v) is 6.37. The minimum Gasteiger partial charge on any atom is -0.496 e. The molecule has 158 valence electrons. The molecule has 1 aliphatic heterocycles. The number of ether oxygens (including phenoxy) is 4. The van der Waals surface area contributed by atoms with E-state index in [-0.39, 0.29) is 18.1 Å². The quantitative estimate of drug-likeness (QED) is 0.282. The Labute approximate surface area is 177 Å². The van der Waals surface area contributed by atoms with E-state index in [4.69, 9.17) is 23.4 Å². The average Bonchev–Trinajstić information content (AvgIpc) is 3.34. The lowest BCUT2D eigenvalue weighted by molar-refractivity contribution is -0.130. The van der Waals surface area contributed by atoms with Gasteiger partial charge in [-0.15, -0.1) is 0 Å². The van der Waals surface area contributed by atoms with Crippen molar-refractivity contribution in [3.8, 4) is 23.0 Å². The third-order valence-corrected chi connectivity index (χ3v) is 4.32. The highest BCUT2D eigenvalue weighted by Gasteiger charge is 2.27. The molecule has 0 spiro atoms. The normalized spacial score (nSPS) is 14.8. The van der Waals surface area contributed by atoms with Gasteiger partial charge in [-0.25, -0.2) is 10.2 Å². The molecule has 1 unspecified atom stereocenters.